The third-order valence-electron chi connectivity index (χ3n) is 4.99. The number of thioether (sulfide) groups is 1. The zero-order valence-corrected chi connectivity index (χ0v) is 18.2. The van der Waals surface area contributed by atoms with Crippen LogP contribution in [0.4, 0.5) is 0 Å². The summed E-state index contributed by atoms with van der Waals surface area (Å²) >= 11 is 1.78. The van der Waals surface area contributed by atoms with Gasteiger partial charge in [-0.25, -0.2) is 0 Å². The van der Waals surface area contributed by atoms with E-state index in [2.05, 4.69) is 25.1 Å². The number of benzene rings is 3. The van der Waals surface area contributed by atoms with Crippen molar-refractivity contribution >= 4 is 33.3 Å². The first-order valence-electron chi connectivity index (χ1n) is 10.3. The number of fused-ring (bicyclic) bond motifs is 2. The van der Waals surface area contributed by atoms with Gasteiger partial charge in [-0.3, -0.25) is 0 Å². The summed E-state index contributed by atoms with van der Waals surface area (Å²) in [6.45, 7) is 6.50. The first kappa shape index (κ1) is 21.8. The summed E-state index contributed by atoms with van der Waals surface area (Å²) in [6.07, 6.45) is 0.272. The van der Waals surface area contributed by atoms with E-state index in [1.54, 1.807) is 11.8 Å². The Morgan fingerprint density at radius 2 is 1.28 bits per heavy atom. The van der Waals surface area contributed by atoms with Crippen molar-refractivity contribution in [2.75, 3.05) is 19.0 Å². The van der Waals surface area contributed by atoms with Crippen LogP contribution in [0.1, 0.15) is 33.6 Å². The molecule has 0 fully saturated rings. The van der Waals surface area contributed by atoms with Gasteiger partial charge in [0.1, 0.15) is 24.7 Å². The van der Waals surface area contributed by atoms with E-state index in [1.807, 2.05) is 38.1 Å². The van der Waals surface area contributed by atoms with Crippen LogP contribution in [-0.4, -0.2) is 41.4 Å². The maximum atomic E-state index is 10.0. The molecule has 5 heteroatoms. The third kappa shape index (κ3) is 4.97. The number of aliphatic hydroxyl groups excluding tert-OH is 2. The Hall–Kier alpha value is -1.95. The summed E-state index contributed by atoms with van der Waals surface area (Å²) in [4.78, 5) is 1.16. The van der Waals surface area contributed by atoms with Crippen LogP contribution < -0.4 is 9.47 Å². The Morgan fingerprint density at radius 3 is 1.79 bits per heavy atom. The quantitative estimate of drug-likeness (QED) is 0.343. The van der Waals surface area contributed by atoms with Crippen molar-refractivity contribution in [3.8, 4) is 11.5 Å². The summed E-state index contributed by atoms with van der Waals surface area (Å²) in [5, 5.41) is 23.9. The van der Waals surface area contributed by atoms with Gasteiger partial charge < -0.3 is 19.7 Å². The van der Waals surface area contributed by atoms with Gasteiger partial charge in [-0.05, 0) is 36.8 Å². The van der Waals surface area contributed by atoms with Crippen LogP contribution in [0.2, 0.25) is 0 Å². The average molecular weight is 415 g/mol. The molecule has 0 saturated heterocycles. The minimum Gasteiger partial charge on any atom is -0.490 e. The smallest absolute Gasteiger partial charge is 0.135 e. The van der Waals surface area contributed by atoms with E-state index in [0.29, 0.717) is 12.8 Å². The summed E-state index contributed by atoms with van der Waals surface area (Å²) in [7, 11) is 0. The van der Waals surface area contributed by atoms with Crippen molar-refractivity contribution < 1.29 is 19.7 Å². The van der Waals surface area contributed by atoms with Crippen LogP contribution in [0.5, 0.6) is 11.5 Å². The standard InChI is InChI=1S/C24H30O4S/c1-4-16(25)14-27-23-19-9-7-8-10-20(19)24(28-15-17(26)5-2)22-13-18(29-6-3)11-12-21(22)23/h7-13,16-17,25-26H,4-6,14-15H2,1-3H3. The fourth-order valence-corrected chi connectivity index (χ4v) is 3.94. The van der Waals surface area contributed by atoms with Gasteiger partial charge in [-0.1, -0.05) is 45.0 Å². The molecule has 29 heavy (non-hydrogen) atoms. The van der Waals surface area contributed by atoms with E-state index < -0.39 is 12.2 Å². The second-order valence-corrected chi connectivity index (χ2v) is 8.43. The Bertz CT molecular complexity index is 956. The van der Waals surface area contributed by atoms with Crippen molar-refractivity contribution in [1.29, 1.82) is 0 Å². The highest BCUT2D eigenvalue weighted by Crippen LogP contribution is 2.44. The molecule has 3 aromatic rings. The fraction of sp³-hybridized carbons (Fsp3) is 0.417. The number of hydrogen-bond acceptors (Lipinski definition) is 5. The minimum atomic E-state index is -0.507. The molecule has 0 saturated carbocycles. The molecule has 4 nitrogen and oxygen atoms in total. The second-order valence-electron chi connectivity index (χ2n) is 7.09. The molecule has 0 radical (unpaired) electrons. The molecule has 156 valence electrons. The molecule has 0 spiro atoms. The molecule has 0 amide bonds. The van der Waals surface area contributed by atoms with Crippen LogP contribution in [0.25, 0.3) is 21.5 Å². The first-order valence-corrected chi connectivity index (χ1v) is 11.3. The summed E-state index contributed by atoms with van der Waals surface area (Å²) < 4.78 is 12.3. The predicted molar refractivity (Wildman–Crippen MR) is 121 cm³/mol. The number of hydrogen-bond donors (Lipinski definition) is 2. The van der Waals surface area contributed by atoms with E-state index in [9.17, 15) is 10.2 Å². The largest absolute Gasteiger partial charge is 0.490 e. The van der Waals surface area contributed by atoms with Crippen molar-refractivity contribution in [2.24, 2.45) is 0 Å². The van der Waals surface area contributed by atoms with Gasteiger partial charge in [0.2, 0.25) is 0 Å². The molecular formula is C24H30O4S. The number of rotatable bonds is 10. The molecular weight excluding hydrogens is 384 g/mol. The Morgan fingerprint density at radius 1 is 0.759 bits per heavy atom. The SMILES string of the molecule is CCSc1ccc2c(OCC(O)CC)c3ccccc3c(OCC(O)CC)c2c1. The monoisotopic (exact) mass is 414 g/mol. The van der Waals surface area contributed by atoms with E-state index in [4.69, 9.17) is 9.47 Å². The minimum absolute atomic E-state index is 0.246. The van der Waals surface area contributed by atoms with Crippen LogP contribution in [0.3, 0.4) is 0 Å². The van der Waals surface area contributed by atoms with Gasteiger partial charge in [-0.15, -0.1) is 11.8 Å². The third-order valence-corrected chi connectivity index (χ3v) is 5.87. The van der Waals surface area contributed by atoms with Gasteiger partial charge in [0.05, 0.1) is 12.2 Å². The van der Waals surface area contributed by atoms with E-state index >= 15 is 0 Å². The zero-order chi connectivity index (χ0) is 20.8. The number of ether oxygens (including phenoxy) is 2. The summed E-state index contributed by atoms with van der Waals surface area (Å²) in [6, 6.07) is 14.3. The van der Waals surface area contributed by atoms with Crippen molar-refractivity contribution in [3.05, 3.63) is 42.5 Å². The second kappa shape index (κ2) is 10.2. The van der Waals surface area contributed by atoms with Gasteiger partial charge >= 0.3 is 0 Å². The first-order chi connectivity index (χ1) is 14.1. The molecule has 0 bridgehead atoms. The zero-order valence-electron chi connectivity index (χ0n) is 17.4. The lowest BCUT2D eigenvalue weighted by molar-refractivity contribution is 0.105. The predicted octanol–water partition coefficient (Wildman–Crippen LogP) is 5.40. The molecule has 2 N–H and O–H groups in total. The van der Waals surface area contributed by atoms with E-state index in [-0.39, 0.29) is 13.2 Å². The molecule has 3 rings (SSSR count). The van der Waals surface area contributed by atoms with Crippen LogP contribution in [-0.2, 0) is 0 Å². The lowest BCUT2D eigenvalue weighted by Crippen LogP contribution is -2.17. The Balaban J connectivity index is 2.20. The molecule has 0 aliphatic heterocycles. The highest BCUT2D eigenvalue weighted by atomic mass is 32.2. The Labute approximate surface area is 176 Å². The lowest BCUT2D eigenvalue weighted by Gasteiger charge is -2.20. The van der Waals surface area contributed by atoms with E-state index in [1.165, 1.54) is 0 Å². The maximum absolute atomic E-state index is 10.0. The van der Waals surface area contributed by atoms with Gasteiger partial charge in [0, 0.05) is 26.4 Å². The normalized spacial score (nSPS) is 13.6. The molecule has 0 aromatic heterocycles. The van der Waals surface area contributed by atoms with Crippen molar-refractivity contribution in [2.45, 2.75) is 50.7 Å². The van der Waals surface area contributed by atoms with Gasteiger partial charge in [0.25, 0.3) is 0 Å². The number of aliphatic hydroxyl groups is 2. The maximum Gasteiger partial charge on any atom is 0.135 e. The van der Waals surface area contributed by atoms with E-state index in [0.717, 1.165) is 43.7 Å². The topological polar surface area (TPSA) is 58.9 Å². The lowest BCUT2D eigenvalue weighted by atomic mass is 10.0. The fourth-order valence-electron chi connectivity index (χ4n) is 3.24. The molecule has 0 aliphatic rings. The molecule has 2 unspecified atom stereocenters. The molecule has 0 aliphatic carbocycles. The van der Waals surface area contributed by atoms with Crippen molar-refractivity contribution in [3.63, 3.8) is 0 Å². The van der Waals surface area contributed by atoms with Crippen LogP contribution >= 0.6 is 11.8 Å². The average Bonchev–Trinajstić information content (AvgIpc) is 2.75. The highest BCUT2D eigenvalue weighted by molar-refractivity contribution is 7.99. The Kier molecular flexibility index (Phi) is 7.64. The molecule has 0 heterocycles. The molecule has 2 atom stereocenters. The van der Waals surface area contributed by atoms with Crippen molar-refractivity contribution in [1.82, 2.24) is 0 Å². The van der Waals surface area contributed by atoms with Gasteiger partial charge in [0.15, 0.2) is 0 Å². The summed E-state index contributed by atoms with van der Waals surface area (Å²) in [5.74, 6) is 2.51. The highest BCUT2D eigenvalue weighted by Gasteiger charge is 2.18. The summed E-state index contributed by atoms with van der Waals surface area (Å²) in [5.41, 5.74) is 0. The van der Waals surface area contributed by atoms with Crippen LogP contribution in [0.15, 0.2) is 47.4 Å². The van der Waals surface area contributed by atoms with Gasteiger partial charge in [-0.2, -0.15) is 0 Å². The molecule has 3 aromatic carbocycles. The van der Waals surface area contributed by atoms with Crippen LogP contribution in [0, 0.1) is 0 Å².